The molecule has 0 saturated carbocycles. The number of halogens is 3. The van der Waals surface area contributed by atoms with Gasteiger partial charge in [0.1, 0.15) is 5.82 Å². The highest BCUT2D eigenvalue weighted by Crippen LogP contribution is 2.31. The van der Waals surface area contributed by atoms with E-state index in [1.807, 2.05) is 18.2 Å². The molecule has 27 heavy (non-hydrogen) atoms. The molecule has 3 rings (SSSR count). The Morgan fingerprint density at radius 1 is 1.22 bits per heavy atom. The Hall–Kier alpha value is -2.34. The molecule has 0 fully saturated rings. The van der Waals surface area contributed by atoms with Gasteiger partial charge in [-0.05, 0) is 61.1 Å². The molecule has 7 heteroatoms. The van der Waals surface area contributed by atoms with Crippen LogP contribution in [0.4, 0.5) is 14.5 Å². The number of benzene rings is 2. The van der Waals surface area contributed by atoms with Crippen molar-refractivity contribution in [1.29, 1.82) is 0 Å². The maximum Gasteiger partial charge on any atom is 0.220 e. The summed E-state index contributed by atoms with van der Waals surface area (Å²) in [4.78, 5) is 12.2. The molecule has 0 aromatic heterocycles. The number of fused-ring (bicyclic) bond motifs is 1. The van der Waals surface area contributed by atoms with Crippen molar-refractivity contribution in [2.75, 3.05) is 12.3 Å². The van der Waals surface area contributed by atoms with Crippen LogP contribution in [0.3, 0.4) is 0 Å². The number of aryl methyl sites for hydroxylation is 1. The zero-order valence-electron chi connectivity index (χ0n) is 14.8. The first-order chi connectivity index (χ1) is 12.5. The standard InChI is InChI=1S/C20H22F2N2O2.ClH/c21-14-6-9-19(17(22)12-14)26-10-2-5-20(25)24-18-4-1-3-13-11-15(23)7-8-16(13)18;/h6-9,11-12,18H,1-5,10,23H2,(H,24,25);1H. The van der Waals surface area contributed by atoms with Crippen LogP contribution in [0.1, 0.15) is 42.9 Å². The quantitative estimate of drug-likeness (QED) is 0.564. The van der Waals surface area contributed by atoms with Gasteiger partial charge in [0.2, 0.25) is 5.91 Å². The average Bonchev–Trinajstić information content (AvgIpc) is 2.60. The first-order valence-corrected chi connectivity index (χ1v) is 8.78. The number of carbonyl (C=O) groups is 1. The minimum Gasteiger partial charge on any atom is -0.491 e. The molecule has 1 aliphatic rings. The molecule has 146 valence electrons. The number of amides is 1. The van der Waals surface area contributed by atoms with E-state index < -0.39 is 11.6 Å². The lowest BCUT2D eigenvalue weighted by Gasteiger charge is -2.26. The number of anilines is 1. The van der Waals surface area contributed by atoms with Gasteiger partial charge >= 0.3 is 0 Å². The van der Waals surface area contributed by atoms with Gasteiger partial charge < -0.3 is 15.8 Å². The second-order valence-electron chi connectivity index (χ2n) is 6.50. The molecule has 0 radical (unpaired) electrons. The lowest BCUT2D eigenvalue weighted by molar-refractivity contribution is -0.122. The van der Waals surface area contributed by atoms with Crippen LogP contribution < -0.4 is 15.8 Å². The Kier molecular flexibility index (Phi) is 7.42. The normalized spacial score (nSPS) is 15.4. The van der Waals surface area contributed by atoms with Crippen LogP contribution in [-0.4, -0.2) is 12.5 Å². The summed E-state index contributed by atoms with van der Waals surface area (Å²) in [5, 5.41) is 3.05. The molecule has 1 unspecified atom stereocenters. The number of nitrogens with two attached hydrogens (primary N) is 1. The van der Waals surface area contributed by atoms with Crippen molar-refractivity contribution in [3.63, 3.8) is 0 Å². The Labute approximate surface area is 163 Å². The van der Waals surface area contributed by atoms with Gasteiger partial charge in [-0.2, -0.15) is 0 Å². The number of nitrogens with one attached hydrogen (secondary N) is 1. The van der Waals surface area contributed by atoms with E-state index in [1.165, 1.54) is 11.6 Å². The van der Waals surface area contributed by atoms with Crippen molar-refractivity contribution in [2.45, 2.75) is 38.1 Å². The van der Waals surface area contributed by atoms with Crippen LogP contribution in [0.2, 0.25) is 0 Å². The van der Waals surface area contributed by atoms with Crippen molar-refractivity contribution in [1.82, 2.24) is 5.32 Å². The highest BCUT2D eigenvalue weighted by Gasteiger charge is 2.21. The first-order valence-electron chi connectivity index (χ1n) is 8.78. The van der Waals surface area contributed by atoms with Gasteiger partial charge in [0, 0.05) is 18.2 Å². The van der Waals surface area contributed by atoms with Crippen molar-refractivity contribution < 1.29 is 18.3 Å². The smallest absolute Gasteiger partial charge is 0.220 e. The Bertz CT molecular complexity index is 802. The molecule has 1 atom stereocenters. The Morgan fingerprint density at radius 2 is 2.04 bits per heavy atom. The van der Waals surface area contributed by atoms with Gasteiger partial charge in [-0.25, -0.2) is 8.78 Å². The van der Waals surface area contributed by atoms with Crippen molar-refractivity contribution in [3.8, 4) is 5.75 Å². The fraction of sp³-hybridized carbons (Fsp3) is 0.350. The van der Waals surface area contributed by atoms with E-state index in [9.17, 15) is 13.6 Å². The van der Waals surface area contributed by atoms with Crippen LogP contribution in [0.5, 0.6) is 5.75 Å². The monoisotopic (exact) mass is 396 g/mol. The average molecular weight is 397 g/mol. The predicted molar refractivity (Wildman–Crippen MR) is 103 cm³/mol. The highest BCUT2D eigenvalue weighted by molar-refractivity contribution is 5.85. The molecule has 0 heterocycles. The number of ether oxygens (including phenoxy) is 1. The summed E-state index contributed by atoms with van der Waals surface area (Å²) >= 11 is 0. The minimum absolute atomic E-state index is 0. The van der Waals surface area contributed by atoms with Gasteiger partial charge in [-0.15, -0.1) is 12.4 Å². The zero-order valence-corrected chi connectivity index (χ0v) is 15.7. The van der Waals surface area contributed by atoms with E-state index in [0.29, 0.717) is 6.42 Å². The van der Waals surface area contributed by atoms with E-state index in [2.05, 4.69) is 5.32 Å². The molecule has 1 amide bonds. The molecule has 2 aromatic carbocycles. The topological polar surface area (TPSA) is 64.3 Å². The van der Waals surface area contributed by atoms with Crippen LogP contribution in [0, 0.1) is 11.6 Å². The Morgan fingerprint density at radius 3 is 2.81 bits per heavy atom. The van der Waals surface area contributed by atoms with Crippen molar-refractivity contribution >= 4 is 24.0 Å². The maximum absolute atomic E-state index is 13.5. The summed E-state index contributed by atoms with van der Waals surface area (Å²) in [6.07, 6.45) is 3.62. The van der Waals surface area contributed by atoms with E-state index in [4.69, 9.17) is 10.5 Å². The van der Waals surface area contributed by atoms with Gasteiger partial charge in [-0.3, -0.25) is 4.79 Å². The van der Waals surface area contributed by atoms with Gasteiger partial charge in [0.25, 0.3) is 0 Å². The first kappa shape index (κ1) is 21.0. The molecule has 4 nitrogen and oxygen atoms in total. The van der Waals surface area contributed by atoms with Gasteiger partial charge in [-0.1, -0.05) is 6.07 Å². The lowest BCUT2D eigenvalue weighted by Crippen LogP contribution is -2.31. The van der Waals surface area contributed by atoms with E-state index in [-0.39, 0.29) is 43.1 Å². The number of rotatable bonds is 6. The van der Waals surface area contributed by atoms with Crippen LogP contribution in [0.25, 0.3) is 0 Å². The van der Waals surface area contributed by atoms with Crippen molar-refractivity contribution in [3.05, 3.63) is 59.2 Å². The molecule has 0 bridgehead atoms. The molecular weight excluding hydrogens is 374 g/mol. The summed E-state index contributed by atoms with van der Waals surface area (Å²) < 4.78 is 31.6. The van der Waals surface area contributed by atoms with E-state index in [0.717, 1.165) is 42.6 Å². The van der Waals surface area contributed by atoms with E-state index in [1.54, 1.807) is 0 Å². The number of nitrogen functional groups attached to an aromatic ring is 1. The number of hydrogen-bond donors (Lipinski definition) is 2. The molecular formula is C20H23ClF2N2O2. The fourth-order valence-electron chi connectivity index (χ4n) is 3.26. The Balaban J connectivity index is 0.00000261. The molecule has 2 aromatic rings. The maximum atomic E-state index is 13.5. The van der Waals surface area contributed by atoms with E-state index >= 15 is 0 Å². The largest absolute Gasteiger partial charge is 0.491 e. The zero-order chi connectivity index (χ0) is 18.5. The van der Waals surface area contributed by atoms with Gasteiger partial charge in [0.05, 0.1) is 12.6 Å². The third kappa shape index (κ3) is 5.57. The fourth-order valence-corrected chi connectivity index (χ4v) is 3.26. The SMILES string of the molecule is Cl.Nc1ccc2c(c1)CCCC2NC(=O)CCCOc1ccc(F)cc1F. The molecule has 3 N–H and O–H groups in total. The molecule has 0 spiro atoms. The van der Waals surface area contributed by atoms with Crippen LogP contribution in [0.15, 0.2) is 36.4 Å². The summed E-state index contributed by atoms with van der Waals surface area (Å²) in [5.41, 5.74) is 8.88. The second kappa shape index (κ2) is 9.55. The lowest BCUT2D eigenvalue weighted by atomic mass is 9.87. The third-order valence-corrected chi connectivity index (χ3v) is 4.52. The summed E-state index contributed by atoms with van der Waals surface area (Å²) in [6, 6.07) is 8.97. The van der Waals surface area contributed by atoms with Crippen LogP contribution >= 0.6 is 12.4 Å². The van der Waals surface area contributed by atoms with Crippen molar-refractivity contribution in [2.24, 2.45) is 0 Å². The van der Waals surface area contributed by atoms with Gasteiger partial charge in [0.15, 0.2) is 11.6 Å². The summed E-state index contributed by atoms with van der Waals surface area (Å²) in [7, 11) is 0. The number of carbonyl (C=O) groups excluding carboxylic acids is 1. The second-order valence-corrected chi connectivity index (χ2v) is 6.50. The summed E-state index contributed by atoms with van der Waals surface area (Å²) in [5.74, 6) is -1.47. The molecule has 1 aliphatic carbocycles. The minimum atomic E-state index is -0.743. The predicted octanol–water partition coefficient (Wildman–Crippen LogP) is 4.32. The number of hydrogen-bond acceptors (Lipinski definition) is 3. The third-order valence-electron chi connectivity index (χ3n) is 4.52. The molecule has 0 aliphatic heterocycles. The molecule has 0 saturated heterocycles. The highest BCUT2D eigenvalue weighted by atomic mass is 35.5. The summed E-state index contributed by atoms with van der Waals surface area (Å²) in [6.45, 7) is 0.188. The van der Waals surface area contributed by atoms with Crippen LogP contribution in [-0.2, 0) is 11.2 Å².